The molecule has 26 heavy (non-hydrogen) atoms. The molecular formula is C22H30O4. The number of hydrogen-bond donors (Lipinski definition) is 2. The van der Waals surface area contributed by atoms with Gasteiger partial charge in [-0.3, -0.25) is 9.59 Å². The topological polar surface area (TPSA) is 74.6 Å². The molecule has 3 fully saturated rings. The Morgan fingerprint density at radius 3 is 2.69 bits per heavy atom. The smallest absolute Gasteiger partial charge is 0.155 e. The molecule has 0 heterocycles. The maximum atomic E-state index is 13.4. The summed E-state index contributed by atoms with van der Waals surface area (Å²) in [6.45, 7) is 4.26. The van der Waals surface area contributed by atoms with E-state index in [-0.39, 0.29) is 35.1 Å². The molecule has 142 valence electrons. The molecule has 0 aliphatic heterocycles. The molecule has 4 heteroatoms. The van der Waals surface area contributed by atoms with Crippen molar-refractivity contribution >= 4 is 11.6 Å². The number of aliphatic hydroxyl groups excluding tert-OH is 2. The number of aliphatic hydroxyl groups is 2. The van der Waals surface area contributed by atoms with Crippen LogP contribution in [-0.2, 0) is 9.59 Å². The number of carbonyl (C=O) groups excluding carboxylic acids is 2. The Labute approximate surface area is 155 Å². The largest absolute Gasteiger partial charge is 0.516 e. The lowest BCUT2D eigenvalue weighted by atomic mass is 9.46. The number of allylic oxidation sites excluding steroid dienone is 1. The van der Waals surface area contributed by atoms with Gasteiger partial charge in [-0.1, -0.05) is 19.4 Å². The van der Waals surface area contributed by atoms with Crippen molar-refractivity contribution in [2.24, 2.45) is 34.5 Å². The number of Topliss-reactive ketones (excluding diaryl/α,β-unsaturated/α-hetero) is 1. The molecule has 3 saturated carbocycles. The van der Waals surface area contributed by atoms with Crippen LogP contribution in [0.25, 0.3) is 0 Å². The van der Waals surface area contributed by atoms with E-state index < -0.39 is 0 Å². The highest BCUT2D eigenvalue weighted by atomic mass is 16.3. The van der Waals surface area contributed by atoms with Gasteiger partial charge in [-0.15, -0.1) is 0 Å². The van der Waals surface area contributed by atoms with E-state index in [1.165, 1.54) is 5.57 Å². The third-order valence-corrected chi connectivity index (χ3v) is 8.45. The van der Waals surface area contributed by atoms with Gasteiger partial charge in [0.25, 0.3) is 0 Å². The lowest BCUT2D eigenvalue weighted by molar-refractivity contribution is -0.145. The maximum Gasteiger partial charge on any atom is 0.155 e. The summed E-state index contributed by atoms with van der Waals surface area (Å²) in [6, 6.07) is 0. The van der Waals surface area contributed by atoms with Crippen LogP contribution in [-0.4, -0.2) is 28.4 Å². The summed E-state index contributed by atoms with van der Waals surface area (Å²) in [5.74, 6) is 1.48. The number of rotatable bonds is 2. The molecular weight excluding hydrogens is 328 g/mol. The van der Waals surface area contributed by atoms with Crippen molar-refractivity contribution in [3.8, 4) is 0 Å². The molecule has 0 aromatic rings. The van der Waals surface area contributed by atoms with Crippen LogP contribution in [0.5, 0.6) is 0 Å². The highest BCUT2D eigenvalue weighted by molar-refractivity contribution is 5.93. The van der Waals surface area contributed by atoms with E-state index in [0.717, 1.165) is 38.4 Å². The molecule has 4 nitrogen and oxygen atoms in total. The standard InChI is InChI=1S/C22H30O4/c1-21-8-7-15(25)9-14(21)3-4-16-18-6-5-17(13(11-23)12-24)22(18,2)10-19(26)20(16)21/h9,11,16-18,20,23-24H,3-8,10,12H2,1-2H3/t16-,17+,18-,20+,21-,22+/m0/s1. The minimum atomic E-state index is -0.169. The zero-order chi connectivity index (χ0) is 18.7. The van der Waals surface area contributed by atoms with E-state index in [0.29, 0.717) is 36.0 Å². The van der Waals surface area contributed by atoms with E-state index >= 15 is 0 Å². The first-order valence-corrected chi connectivity index (χ1v) is 10.1. The monoisotopic (exact) mass is 358 g/mol. The first-order chi connectivity index (χ1) is 12.3. The van der Waals surface area contributed by atoms with Gasteiger partial charge in [0.15, 0.2) is 5.78 Å². The van der Waals surface area contributed by atoms with Crippen molar-refractivity contribution in [1.29, 1.82) is 0 Å². The van der Waals surface area contributed by atoms with Crippen LogP contribution < -0.4 is 0 Å². The van der Waals surface area contributed by atoms with Crippen molar-refractivity contribution in [1.82, 2.24) is 0 Å². The zero-order valence-electron chi connectivity index (χ0n) is 15.8. The lowest BCUT2D eigenvalue weighted by Gasteiger charge is -2.57. The fourth-order valence-corrected chi connectivity index (χ4v) is 7.23. The summed E-state index contributed by atoms with van der Waals surface area (Å²) in [7, 11) is 0. The van der Waals surface area contributed by atoms with Crippen LogP contribution in [0.3, 0.4) is 0 Å². The molecule has 0 spiro atoms. The van der Waals surface area contributed by atoms with Crippen molar-refractivity contribution in [2.75, 3.05) is 6.61 Å². The minimum absolute atomic E-state index is 0.0307. The van der Waals surface area contributed by atoms with Gasteiger partial charge in [-0.05, 0) is 72.3 Å². The Morgan fingerprint density at radius 2 is 2.00 bits per heavy atom. The maximum absolute atomic E-state index is 13.4. The van der Waals surface area contributed by atoms with Crippen LogP contribution in [0.1, 0.15) is 58.8 Å². The molecule has 4 rings (SSSR count). The molecule has 0 amide bonds. The summed E-state index contributed by atoms with van der Waals surface area (Å²) in [6.07, 6.45) is 8.67. The van der Waals surface area contributed by atoms with Gasteiger partial charge in [0, 0.05) is 18.8 Å². The molecule has 0 unspecified atom stereocenters. The Morgan fingerprint density at radius 1 is 1.23 bits per heavy atom. The molecule has 0 radical (unpaired) electrons. The molecule has 2 N–H and O–H groups in total. The van der Waals surface area contributed by atoms with Gasteiger partial charge in [0.05, 0.1) is 12.9 Å². The normalized spacial score (nSPS) is 45.7. The predicted molar refractivity (Wildman–Crippen MR) is 98.4 cm³/mol. The summed E-state index contributed by atoms with van der Waals surface area (Å²) >= 11 is 0. The van der Waals surface area contributed by atoms with Gasteiger partial charge >= 0.3 is 0 Å². The first kappa shape index (κ1) is 18.0. The molecule has 0 saturated heterocycles. The fourth-order valence-electron chi connectivity index (χ4n) is 7.23. The SMILES string of the molecule is C[C@]12CC(=O)[C@H]3[C@@H](CCC4=CC(=O)CC[C@@]43C)[C@@H]1CC[C@@H]2C(=CO)CO. The Hall–Kier alpha value is -1.42. The Balaban J connectivity index is 1.71. The minimum Gasteiger partial charge on any atom is -0.516 e. The number of fused-ring (bicyclic) bond motifs is 5. The van der Waals surface area contributed by atoms with Gasteiger partial charge in [0.1, 0.15) is 5.78 Å². The highest BCUT2D eigenvalue weighted by Gasteiger charge is 2.62. The predicted octanol–water partition coefficient (Wildman–Crippen LogP) is 3.75. The average molecular weight is 358 g/mol. The average Bonchev–Trinajstić information content (AvgIpc) is 2.93. The van der Waals surface area contributed by atoms with E-state index in [4.69, 9.17) is 0 Å². The molecule has 0 aromatic carbocycles. The number of ketones is 2. The van der Waals surface area contributed by atoms with Gasteiger partial charge < -0.3 is 10.2 Å². The Kier molecular flexibility index (Phi) is 4.18. The van der Waals surface area contributed by atoms with Crippen LogP contribution in [0.4, 0.5) is 0 Å². The molecule has 0 bridgehead atoms. The molecule has 0 aromatic heterocycles. The summed E-state index contributed by atoms with van der Waals surface area (Å²) in [5.41, 5.74) is 1.55. The lowest BCUT2D eigenvalue weighted by Crippen LogP contribution is -2.55. The Bertz CT molecular complexity index is 705. The highest BCUT2D eigenvalue weighted by Crippen LogP contribution is 2.66. The molecule has 4 aliphatic carbocycles. The van der Waals surface area contributed by atoms with Gasteiger partial charge in [-0.25, -0.2) is 0 Å². The van der Waals surface area contributed by atoms with Crippen molar-refractivity contribution in [3.63, 3.8) is 0 Å². The summed E-state index contributed by atoms with van der Waals surface area (Å²) in [5, 5.41) is 19.2. The van der Waals surface area contributed by atoms with Crippen LogP contribution in [0, 0.1) is 34.5 Å². The van der Waals surface area contributed by atoms with Crippen molar-refractivity contribution in [3.05, 3.63) is 23.5 Å². The summed E-state index contributed by atoms with van der Waals surface area (Å²) < 4.78 is 0. The van der Waals surface area contributed by atoms with E-state index in [1.807, 2.05) is 6.08 Å². The van der Waals surface area contributed by atoms with Crippen LogP contribution in [0.2, 0.25) is 0 Å². The van der Waals surface area contributed by atoms with Crippen LogP contribution in [0.15, 0.2) is 23.5 Å². The number of carbonyl (C=O) groups is 2. The second-order valence-corrected chi connectivity index (χ2v) is 9.48. The van der Waals surface area contributed by atoms with E-state index in [9.17, 15) is 19.8 Å². The second kappa shape index (κ2) is 6.05. The molecule has 6 atom stereocenters. The van der Waals surface area contributed by atoms with E-state index in [2.05, 4.69) is 13.8 Å². The van der Waals surface area contributed by atoms with Crippen molar-refractivity contribution in [2.45, 2.75) is 58.8 Å². The fraction of sp³-hybridized carbons (Fsp3) is 0.727. The van der Waals surface area contributed by atoms with Crippen molar-refractivity contribution < 1.29 is 19.8 Å². The summed E-state index contributed by atoms with van der Waals surface area (Å²) in [4.78, 5) is 25.3. The molecule has 4 aliphatic rings. The third-order valence-electron chi connectivity index (χ3n) is 8.45. The quantitative estimate of drug-likeness (QED) is 0.737. The van der Waals surface area contributed by atoms with E-state index in [1.54, 1.807) is 0 Å². The third kappa shape index (κ3) is 2.30. The number of hydrogen-bond acceptors (Lipinski definition) is 4. The van der Waals surface area contributed by atoms with Gasteiger partial charge in [-0.2, -0.15) is 0 Å². The van der Waals surface area contributed by atoms with Crippen LogP contribution >= 0.6 is 0 Å². The van der Waals surface area contributed by atoms with Gasteiger partial charge in [0.2, 0.25) is 0 Å². The first-order valence-electron chi connectivity index (χ1n) is 10.1. The zero-order valence-corrected chi connectivity index (χ0v) is 15.8. The second-order valence-electron chi connectivity index (χ2n) is 9.48.